The van der Waals surface area contributed by atoms with Crippen molar-refractivity contribution in [3.05, 3.63) is 23.5 Å². The minimum Gasteiger partial charge on any atom is -0.349 e. The molecular weight excluding hydrogens is 270 g/mol. The molecule has 1 aromatic rings. The number of aldehydes is 1. The van der Waals surface area contributed by atoms with E-state index in [0.29, 0.717) is 12.0 Å². The van der Waals surface area contributed by atoms with Crippen molar-refractivity contribution < 1.29 is 19.2 Å². The Morgan fingerprint density at radius 1 is 1.47 bits per heavy atom. The molecule has 0 unspecified atom stereocenters. The van der Waals surface area contributed by atoms with Gasteiger partial charge in [0.25, 0.3) is 11.1 Å². The average Bonchev–Trinajstić information content (AvgIpc) is 2.99. The van der Waals surface area contributed by atoms with Crippen LogP contribution in [0.4, 0.5) is 4.79 Å². The third kappa shape index (κ3) is 3.02. The molecule has 0 radical (unpaired) electrons. The maximum atomic E-state index is 11.7. The zero-order chi connectivity index (χ0) is 13.8. The molecular formula is C11H11N3O4S. The molecule has 1 aromatic heterocycles. The molecule has 19 heavy (non-hydrogen) atoms. The fourth-order valence-electron chi connectivity index (χ4n) is 1.59. The van der Waals surface area contributed by atoms with Crippen LogP contribution in [-0.4, -0.2) is 52.1 Å². The number of aromatic amines is 1. The summed E-state index contributed by atoms with van der Waals surface area (Å²) in [6.07, 6.45) is 0.607. The summed E-state index contributed by atoms with van der Waals surface area (Å²) in [5.74, 6) is -0.473. The van der Waals surface area contributed by atoms with Crippen LogP contribution in [0.25, 0.3) is 0 Å². The average molecular weight is 281 g/mol. The molecule has 0 spiro atoms. The van der Waals surface area contributed by atoms with E-state index in [1.165, 1.54) is 12.1 Å². The standard InChI is InChI=1S/C11H11N3O4S/c15-5-7-1-2-8(13-7)10(17)12-3-4-14-9(16)6-19-11(14)18/h1-2,5,13H,3-4,6H2,(H,12,17). The second-order valence-electron chi connectivity index (χ2n) is 3.80. The largest absolute Gasteiger partial charge is 0.349 e. The smallest absolute Gasteiger partial charge is 0.288 e. The Bertz CT molecular complexity index is 524. The van der Waals surface area contributed by atoms with Crippen molar-refractivity contribution in [1.29, 1.82) is 0 Å². The number of rotatable bonds is 5. The summed E-state index contributed by atoms with van der Waals surface area (Å²) in [5.41, 5.74) is 0.571. The first kappa shape index (κ1) is 13.3. The third-order valence-corrected chi connectivity index (χ3v) is 3.40. The van der Waals surface area contributed by atoms with Crippen molar-refractivity contribution in [2.45, 2.75) is 0 Å². The molecule has 0 bridgehead atoms. The molecule has 100 valence electrons. The second-order valence-corrected chi connectivity index (χ2v) is 4.73. The Morgan fingerprint density at radius 3 is 2.84 bits per heavy atom. The predicted molar refractivity (Wildman–Crippen MR) is 68.1 cm³/mol. The number of nitrogens with zero attached hydrogens (tertiary/aromatic N) is 1. The van der Waals surface area contributed by atoms with Crippen LogP contribution in [0.1, 0.15) is 21.0 Å². The molecule has 8 heteroatoms. The van der Waals surface area contributed by atoms with Crippen molar-refractivity contribution in [2.24, 2.45) is 0 Å². The minimum atomic E-state index is -0.389. The number of carbonyl (C=O) groups excluding carboxylic acids is 4. The number of hydrogen-bond acceptors (Lipinski definition) is 5. The van der Waals surface area contributed by atoms with Crippen molar-refractivity contribution in [2.75, 3.05) is 18.8 Å². The Morgan fingerprint density at radius 2 is 2.26 bits per heavy atom. The first-order valence-electron chi connectivity index (χ1n) is 5.51. The number of H-pyrrole nitrogens is 1. The molecule has 0 aromatic carbocycles. The van der Waals surface area contributed by atoms with Crippen molar-refractivity contribution in [3.63, 3.8) is 0 Å². The van der Waals surface area contributed by atoms with E-state index in [2.05, 4.69) is 10.3 Å². The highest BCUT2D eigenvalue weighted by Gasteiger charge is 2.29. The van der Waals surface area contributed by atoms with Crippen LogP contribution in [-0.2, 0) is 4.79 Å². The second kappa shape index (κ2) is 5.70. The summed E-state index contributed by atoms with van der Waals surface area (Å²) < 4.78 is 0. The van der Waals surface area contributed by atoms with Gasteiger partial charge < -0.3 is 10.3 Å². The van der Waals surface area contributed by atoms with Crippen LogP contribution in [0.2, 0.25) is 0 Å². The van der Waals surface area contributed by atoms with Gasteiger partial charge in [-0.2, -0.15) is 0 Å². The van der Waals surface area contributed by atoms with E-state index in [4.69, 9.17) is 0 Å². The van der Waals surface area contributed by atoms with Gasteiger partial charge in [0.15, 0.2) is 6.29 Å². The van der Waals surface area contributed by atoms with Crippen LogP contribution >= 0.6 is 11.8 Å². The van der Waals surface area contributed by atoms with Gasteiger partial charge in [-0.25, -0.2) is 0 Å². The normalized spacial score (nSPS) is 14.8. The minimum absolute atomic E-state index is 0.150. The van der Waals surface area contributed by atoms with E-state index >= 15 is 0 Å². The van der Waals surface area contributed by atoms with Gasteiger partial charge in [0.05, 0.1) is 11.4 Å². The van der Waals surface area contributed by atoms with E-state index in [-0.39, 0.29) is 41.6 Å². The lowest BCUT2D eigenvalue weighted by atomic mass is 10.4. The molecule has 1 aliphatic rings. The zero-order valence-corrected chi connectivity index (χ0v) is 10.7. The molecule has 0 atom stereocenters. The van der Waals surface area contributed by atoms with Gasteiger partial charge in [-0.3, -0.25) is 24.1 Å². The van der Waals surface area contributed by atoms with E-state index < -0.39 is 0 Å². The molecule has 2 rings (SSSR count). The van der Waals surface area contributed by atoms with E-state index in [1.807, 2.05) is 0 Å². The molecule has 3 amide bonds. The Hall–Kier alpha value is -2.09. The van der Waals surface area contributed by atoms with Gasteiger partial charge in [-0.15, -0.1) is 0 Å². The highest BCUT2D eigenvalue weighted by atomic mass is 32.2. The van der Waals surface area contributed by atoms with E-state index in [1.54, 1.807) is 0 Å². The molecule has 0 saturated carbocycles. The molecule has 2 N–H and O–H groups in total. The third-order valence-electron chi connectivity index (χ3n) is 2.54. The molecule has 1 aliphatic heterocycles. The monoisotopic (exact) mass is 281 g/mol. The van der Waals surface area contributed by atoms with Crippen molar-refractivity contribution in [3.8, 4) is 0 Å². The molecule has 1 fully saturated rings. The van der Waals surface area contributed by atoms with Gasteiger partial charge in [0.1, 0.15) is 5.69 Å². The van der Waals surface area contributed by atoms with Crippen molar-refractivity contribution >= 4 is 35.1 Å². The van der Waals surface area contributed by atoms with Crippen LogP contribution in [0, 0.1) is 0 Å². The van der Waals surface area contributed by atoms with Gasteiger partial charge in [-0.1, -0.05) is 11.8 Å². The fraction of sp³-hybridized carbons (Fsp3) is 0.273. The van der Waals surface area contributed by atoms with Gasteiger partial charge in [0.2, 0.25) is 5.91 Å². The Kier molecular flexibility index (Phi) is 4.00. The number of amides is 3. The highest BCUT2D eigenvalue weighted by Crippen LogP contribution is 2.17. The molecule has 2 heterocycles. The first-order valence-corrected chi connectivity index (χ1v) is 6.50. The number of carbonyl (C=O) groups is 4. The maximum Gasteiger partial charge on any atom is 0.288 e. The SMILES string of the molecule is O=Cc1ccc(C(=O)NCCN2C(=O)CSC2=O)[nH]1. The van der Waals surface area contributed by atoms with E-state index in [9.17, 15) is 19.2 Å². The zero-order valence-electron chi connectivity index (χ0n) is 9.84. The Balaban J connectivity index is 1.82. The fourth-order valence-corrected chi connectivity index (χ4v) is 2.34. The molecule has 1 saturated heterocycles. The summed E-state index contributed by atoms with van der Waals surface area (Å²) in [5, 5.41) is 2.27. The van der Waals surface area contributed by atoms with E-state index in [0.717, 1.165) is 16.7 Å². The summed E-state index contributed by atoms with van der Waals surface area (Å²) >= 11 is 0.955. The number of nitrogens with one attached hydrogen (secondary N) is 2. The number of hydrogen-bond donors (Lipinski definition) is 2. The first-order chi connectivity index (χ1) is 9.11. The van der Waals surface area contributed by atoms with Gasteiger partial charge in [-0.05, 0) is 12.1 Å². The van der Waals surface area contributed by atoms with Crippen LogP contribution < -0.4 is 5.32 Å². The summed E-state index contributed by atoms with van der Waals surface area (Å²) in [6, 6.07) is 2.98. The predicted octanol–water partition coefficient (Wildman–Crippen LogP) is 0.252. The summed E-state index contributed by atoms with van der Waals surface area (Å²) in [7, 11) is 0. The number of aromatic nitrogens is 1. The maximum absolute atomic E-state index is 11.7. The highest BCUT2D eigenvalue weighted by molar-refractivity contribution is 8.14. The Labute approximate surface area is 112 Å². The van der Waals surface area contributed by atoms with Crippen LogP contribution in [0.5, 0.6) is 0 Å². The topological polar surface area (TPSA) is 99.3 Å². The number of thioether (sulfide) groups is 1. The summed E-state index contributed by atoms with van der Waals surface area (Å²) in [6.45, 7) is 0.323. The lowest BCUT2D eigenvalue weighted by molar-refractivity contribution is -0.124. The van der Waals surface area contributed by atoms with Crippen LogP contribution in [0.15, 0.2) is 12.1 Å². The van der Waals surface area contributed by atoms with Gasteiger partial charge >= 0.3 is 0 Å². The van der Waals surface area contributed by atoms with Gasteiger partial charge in [0, 0.05) is 13.1 Å². The molecule has 0 aliphatic carbocycles. The quantitative estimate of drug-likeness (QED) is 0.754. The van der Waals surface area contributed by atoms with Crippen LogP contribution in [0.3, 0.4) is 0 Å². The lowest BCUT2D eigenvalue weighted by Crippen LogP contribution is -2.37. The lowest BCUT2D eigenvalue weighted by Gasteiger charge is -2.12. The number of imide groups is 1. The molecule has 7 nitrogen and oxygen atoms in total. The summed E-state index contributed by atoms with van der Waals surface area (Å²) in [4.78, 5) is 48.4. The van der Waals surface area contributed by atoms with Crippen molar-refractivity contribution in [1.82, 2.24) is 15.2 Å².